The highest BCUT2D eigenvalue weighted by Gasteiger charge is 2.36. The van der Waals surface area contributed by atoms with Crippen LogP contribution in [0.2, 0.25) is 0 Å². The number of fused-ring (bicyclic) bond motifs is 2. The number of rotatable bonds is 6. The molecule has 3 aromatic carbocycles. The minimum absolute atomic E-state index is 0.0678. The van der Waals surface area contributed by atoms with Gasteiger partial charge in [0.1, 0.15) is 17.7 Å². The van der Waals surface area contributed by atoms with Crippen LogP contribution >= 0.6 is 0 Å². The van der Waals surface area contributed by atoms with Gasteiger partial charge in [-0.15, -0.1) is 0 Å². The molecule has 200 valence electrons. The predicted molar refractivity (Wildman–Crippen MR) is 147 cm³/mol. The summed E-state index contributed by atoms with van der Waals surface area (Å²) in [5, 5.41) is 28.5. The van der Waals surface area contributed by atoms with Gasteiger partial charge in [0.15, 0.2) is 0 Å². The molecule has 0 radical (unpaired) electrons. The fourth-order valence-electron chi connectivity index (χ4n) is 6.16. The molecule has 0 spiro atoms. The van der Waals surface area contributed by atoms with Crippen LogP contribution in [0.5, 0.6) is 0 Å². The lowest BCUT2D eigenvalue weighted by Gasteiger charge is -2.19. The third-order valence-electron chi connectivity index (χ3n) is 7.94. The Balaban J connectivity index is 1.39. The van der Waals surface area contributed by atoms with Crippen molar-refractivity contribution in [1.29, 1.82) is 5.26 Å². The Kier molecular flexibility index (Phi) is 6.46. The van der Waals surface area contributed by atoms with Crippen molar-refractivity contribution in [3.8, 4) is 28.3 Å². The van der Waals surface area contributed by atoms with Gasteiger partial charge in [0, 0.05) is 36.7 Å². The van der Waals surface area contributed by atoms with Crippen LogP contribution in [0, 0.1) is 34.8 Å². The number of hydrogen-bond donors (Lipinski definition) is 2. The molecule has 0 aliphatic carbocycles. The van der Waals surface area contributed by atoms with Crippen molar-refractivity contribution in [3.05, 3.63) is 77.5 Å². The van der Waals surface area contributed by atoms with Crippen LogP contribution in [0.25, 0.3) is 33.2 Å². The lowest BCUT2D eigenvalue weighted by atomic mass is 9.91. The molecule has 8 heteroatoms. The second-order valence-corrected chi connectivity index (χ2v) is 11.5. The zero-order valence-corrected chi connectivity index (χ0v) is 22.1. The molecule has 2 aliphatic rings. The van der Waals surface area contributed by atoms with E-state index >= 15 is 8.78 Å². The SMILES string of the molecule is CC(C)(O)Cn1ncc2cc(-c3ccccc3-c3cc(F)c(C#N)c(CN4CC5CNCC5C4)c3)c(F)cc21. The van der Waals surface area contributed by atoms with Gasteiger partial charge in [0.2, 0.25) is 0 Å². The average molecular weight is 528 g/mol. The van der Waals surface area contributed by atoms with E-state index in [4.69, 9.17) is 0 Å². The average Bonchev–Trinajstić information content (AvgIpc) is 3.58. The topological polar surface area (TPSA) is 77.1 Å². The van der Waals surface area contributed by atoms with Crippen LogP contribution in [-0.4, -0.2) is 51.6 Å². The van der Waals surface area contributed by atoms with Crippen LogP contribution < -0.4 is 5.32 Å². The summed E-state index contributed by atoms with van der Waals surface area (Å²) in [6.45, 7) is 7.95. The minimum atomic E-state index is -0.997. The molecule has 39 heavy (non-hydrogen) atoms. The Labute approximate surface area is 226 Å². The largest absolute Gasteiger partial charge is 0.389 e. The number of nitriles is 1. The van der Waals surface area contributed by atoms with Gasteiger partial charge >= 0.3 is 0 Å². The number of likely N-dealkylation sites (tertiary alicyclic amines) is 1. The highest BCUT2D eigenvalue weighted by atomic mass is 19.1. The van der Waals surface area contributed by atoms with E-state index in [9.17, 15) is 10.4 Å². The second-order valence-electron chi connectivity index (χ2n) is 11.5. The number of hydrogen-bond acceptors (Lipinski definition) is 5. The Bertz CT molecular complexity index is 1590. The molecule has 6 rings (SSSR count). The van der Waals surface area contributed by atoms with Crippen LogP contribution in [0.15, 0.2) is 54.7 Å². The highest BCUT2D eigenvalue weighted by Crippen LogP contribution is 2.37. The monoisotopic (exact) mass is 527 g/mol. The first kappa shape index (κ1) is 25.6. The van der Waals surface area contributed by atoms with Crippen molar-refractivity contribution in [2.75, 3.05) is 26.2 Å². The molecule has 2 fully saturated rings. The molecule has 1 aromatic heterocycles. The van der Waals surface area contributed by atoms with Crippen molar-refractivity contribution < 1.29 is 13.9 Å². The standard InChI is InChI=1S/C31H31F2N5O/c1-31(2,39)18-38-30-10-29(33)26(8-20(30)14-36-38)25-6-4-3-5-24(25)19-7-21(27(11-34)28(32)9-19)15-37-16-22-12-35-13-23(22)17-37/h3-10,14,22-23,35,39H,12-13,15-18H2,1-2H3. The van der Waals surface area contributed by atoms with E-state index in [1.807, 2.05) is 30.3 Å². The summed E-state index contributed by atoms with van der Waals surface area (Å²) >= 11 is 0. The lowest BCUT2D eigenvalue weighted by molar-refractivity contribution is 0.0591. The van der Waals surface area contributed by atoms with Crippen molar-refractivity contribution in [2.45, 2.75) is 32.5 Å². The van der Waals surface area contributed by atoms with Crippen LogP contribution in [-0.2, 0) is 13.1 Å². The number of halogens is 2. The first-order valence-electron chi connectivity index (χ1n) is 13.3. The van der Waals surface area contributed by atoms with E-state index in [2.05, 4.69) is 21.4 Å². The van der Waals surface area contributed by atoms with E-state index in [1.165, 1.54) is 12.1 Å². The fourth-order valence-corrected chi connectivity index (χ4v) is 6.16. The summed E-state index contributed by atoms with van der Waals surface area (Å²) in [5.74, 6) is 0.189. The minimum Gasteiger partial charge on any atom is -0.389 e. The summed E-state index contributed by atoms with van der Waals surface area (Å²) in [5.41, 5.74) is 2.62. The number of nitrogens with zero attached hydrogens (tertiary/aromatic N) is 4. The molecular formula is C31H31F2N5O. The normalized spacial score (nSPS) is 19.5. The van der Waals surface area contributed by atoms with Gasteiger partial charge in [0.05, 0.1) is 29.4 Å². The summed E-state index contributed by atoms with van der Waals surface area (Å²) in [4.78, 5) is 2.31. The molecule has 6 nitrogen and oxygen atoms in total. The molecule has 4 aromatic rings. The zero-order valence-electron chi connectivity index (χ0n) is 22.1. The van der Waals surface area contributed by atoms with E-state index in [0.29, 0.717) is 51.7 Å². The Morgan fingerprint density at radius 3 is 2.44 bits per heavy atom. The Hall–Kier alpha value is -3.64. The van der Waals surface area contributed by atoms with Crippen molar-refractivity contribution >= 4 is 10.9 Å². The number of benzene rings is 3. The molecular weight excluding hydrogens is 496 g/mol. The van der Waals surface area contributed by atoms with Crippen LogP contribution in [0.4, 0.5) is 8.78 Å². The second kappa shape index (κ2) is 9.83. The van der Waals surface area contributed by atoms with Gasteiger partial charge in [-0.1, -0.05) is 24.3 Å². The van der Waals surface area contributed by atoms with Gasteiger partial charge in [-0.05, 0) is 79.2 Å². The molecule has 0 amide bonds. The summed E-state index contributed by atoms with van der Waals surface area (Å²) in [7, 11) is 0. The molecule has 2 unspecified atom stereocenters. The van der Waals surface area contributed by atoms with Gasteiger partial charge in [-0.2, -0.15) is 10.4 Å². The van der Waals surface area contributed by atoms with Gasteiger partial charge < -0.3 is 10.4 Å². The molecule has 2 saturated heterocycles. The van der Waals surface area contributed by atoms with Gasteiger partial charge in [0.25, 0.3) is 0 Å². The third-order valence-corrected chi connectivity index (χ3v) is 7.94. The first-order chi connectivity index (χ1) is 18.7. The molecule has 2 aliphatic heterocycles. The Morgan fingerprint density at radius 2 is 1.74 bits per heavy atom. The summed E-state index contributed by atoms with van der Waals surface area (Å²) < 4.78 is 32.5. The lowest BCUT2D eigenvalue weighted by Crippen LogP contribution is -2.26. The van der Waals surface area contributed by atoms with Crippen molar-refractivity contribution in [1.82, 2.24) is 20.0 Å². The molecule has 3 heterocycles. The zero-order chi connectivity index (χ0) is 27.3. The summed E-state index contributed by atoms with van der Waals surface area (Å²) in [6, 6.07) is 15.9. The smallest absolute Gasteiger partial charge is 0.141 e. The van der Waals surface area contributed by atoms with Gasteiger partial charge in [-0.3, -0.25) is 9.58 Å². The van der Waals surface area contributed by atoms with Gasteiger partial charge in [-0.25, -0.2) is 8.78 Å². The van der Waals surface area contributed by atoms with Crippen molar-refractivity contribution in [2.24, 2.45) is 11.8 Å². The molecule has 0 bridgehead atoms. The first-order valence-corrected chi connectivity index (χ1v) is 13.3. The van der Waals surface area contributed by atoms with E-state index in [-0.39, 0.29) is 12.1 Å². The third kappa shape index (κ3) is 4.94. The van der Waals surface area contributed by atoms with Crippen molar-refractivity contribution in [3.63, 3.8) is 0 Å². The number of nitrogens with one attached hydrogen (secondary N) is 1. The predicted octanol–water partition coefficient (Wildman–Crippen LogP) is 4.94. The maximum atomic E-state index is 15.6. The molecule has 2 atom stereocenters. The van der Waals surface area contributed by atoms with E-state index in [1.54, 1.807) is 30.8 Å². The molecule has 0 saturated carbocycles. The maximum Gasteiger partial charge on any atom is 0.141 e. The Morgan fingerprint density at radius 1 is 1.03 bits per heavy atom. The highest BCUT2D eigenvalue weighted by molar-refractivity contribution is 5.90. The number of aliphatic hydroxyl groups is 1. The van der Waals surface area contributed by atoms with Crippen LogP contribution in [0.3, 0.4) is 0 Å². The van der Waals surface area contributed by atoms with Crippen LogP contribution in [0.1, 0.15) is 25.0 Å². The van der Waals surface area contributed by atoms with E-state index < -0.39 is 17.2 Å². The fraction of sp³-hybridized carbons (Fsp3) is 0.355. The quantitative estimate of drug-likeness (QED) is 0.371. The maximum absolute atomic E-state index is 15.6. The number of aromatic nitrogens is 2. The summed E-state index contributed by atoms with van der Waals surface area (Å²) in [6.07, 6.45) is 1.66. The molecule has 2 N–H and O–H groups in total. The van der Waals surface area contributed by atoms with E-state index in [0.717, 1.165) is 31.6 Å².